The molecule has 3 N–H and O–H groups in total. The Kier molecular flexibility index (Phi) is 4.76. The number of rotatable bonds is 5. The van der Waals surface area contributed by atoms with Crippen LogP contribution in [0.15, 0.2) is 0 Å². The van der Waals surface area contributed by atoms with Gasteiger partial charge in [0.25, 0.3) is 0 Å². The lowest BCUT2D eigenvalue weighted by molar-refractivity contribution is -0.148. The molecule has 0 aromatic carbocycles. The first kappa shape index (κ1) is 10.3. The standard InChI is InChI=1S/C6H13NO4/c1-3-11-7-5(4(2)8)6(9)10/h4-5,7-8H,3H2,1-2H3,(H,9,10)/t4-,5+/m1/s1. The summed E-state index contributed by atoms with van der Waals surface area (Å²) in [5.41, 5.74) is 2.22. The first-order chi connectivity index (χ1) is 5.09. The average Bonchev–Trinajstić information content (AvgIpc) is 1.87. The van der Waals surface area contributed by atoms with Crippen molar-refractivity contribution >= 4 is 5.97 Å². The van der Waals surface area contributed by atoms with E-state index in [0.717, 1.165) is 0 Å². The molecule has 2 atom stereocenters. The summed E-state index contributed by atoms with van der Waals surface area (Å²) < 4.78 is 0. The van der Waals surface area contributed by atoms with Crippen LogP contribution in [0.4, 0.5) is 0 Å². The highest BCUT2D eigenvalue weighted by Crippen LogP contribution is 1.92. The van der Waals surface area contributed by atoms with Crippen LogP contribution < -0.4 is 5.48 Å². The maximum absolute atomic E-state index is 10.3. The van der Waals surface area contributed by atoms with Crippen molar-refractivity contribution < 1.29 is 19.8 Å². The van der Waals surface area contributed by atoms with Crippen LogP contribution in [0.3, 0.4) is 0 Å². The largest absolute Gasteiger partial charge is 0.480 e. The van der Waals surface area contributed by atoms with Gasteiger partial charge < -0.3 is 15.1 Å². The lowest BCUT2D eigenvalue weighted by Crippen LogP contribution is -2.44. The number of nitrogens with one attached hydrogen (secondary N) is 1. The Bertz CT molecular complexity index is 126. The monoisotopic (exact) mass is 163 g/mol. The van der Waals surface area contributed by atoms with E-state index in [1.807, 2.05) is 0 Å². The van der Waals surface area contributed by atoms with E-state index in [0.29, 0.717) is 6.61 Å². The molecule has 66 valence electrons. The highest BCUT2D eigenvalue weighted by molar-refractivity contribution is 5.73. The number of aliphatic hydroxyl groups excluding tert-OH is 1. The number of aliphatic hydroxyl groups is 1. The highest BCUT2D eigenvalue weighted by Gasteiger charge is 2.22. The molecule has 0 bridgehead atoms. The fraction of sp³-hybridized carbons (Fsp3) is 0.833. The van der Waals surface area contributed by atoms with Crippen molar-refractivity contribution in [3.05, 3.63) is 0 Å². The number of hydroxylamine groups is 1. The molecule has 0 rings (SSSR count). The van der Waals surface area contributed by atoms with E-state index < -0.39 is 18.1 Å². The van der Waals surface area contributed by atoms with Crippen LogP contribution in [0.25, 0.3) is 0 Å². The van der Waals surface area contributed by atoms with E-state index in [1.165, 1.54) is 6.92 Å². The predicted molar refractivity (Wildman–Crippen MR) is 37.9 cm³/mol. The summed E-state index contributed by atoms with van der Waals surface area (Å²) in [7, 11) is 0. The van der Waals surface area contributed by atoms with Crippen molar-refractivity contribution in [3.63, 3.8) is 0 Å². The Balaban J connectivity index is 3.80. The number of hydrogen-bond acceptors (Lipinski definition) is 4. The van der Waals surface area contributed by atoms with Gasteiger partial charge in [-0.1, -0.05) is 0 Å². The molecule has 0 aromatic rings. The third-order valence-electron chi connectivity index (χ3n) is 1.10. The summed E-state index contributed by atoms with van der Waals surface area (Å²) >= 11 is 0. The molecule has 0 heterocycles. The van der Waals surface area contributed by atoms with Gasteiger partial charge in [-0.05, 0) is 13.8 Å². The minimum absolute atomic E-state index is 0.358. The van der Waals surface area contributed by atoms with Gasteiger partial charge in [-0.2, -0.15) is 5.48 Å². The van der Waals surface area contributed by atoms with Crippen LogP contribution >= 0.6 is 0 Å². The van der Waals surface area contributed by atoms with Gasteiger partial charge in [-0.15, -0.1) is 0 Å². The van der Waals surface area contributed by atoms with Crippen molar-refractivity contribution in [2.45, 2.75) is 26.0 Å². The van der Waals surface area contributed by atoms with Gasteiger partial charge in [-0.3, -0.25) is 4.79 Å². The quantitative estimate of drug-likeness (QED) is 0.470. The summed E-state index contributed by atoms with van der Waals surface area (Å²) in [6.07, 6.45) is -0.973. The molecule has 5 heteroatoms. The molecule has 0 saturated carbocycles. The number of hydrogen-bond donors (Lipinski definition) is 3. The second-order valence-corrected chi connectivity index (χ2v) is 2.11. The summed E-state index contributed by atoms with van der Waals surface area (Å²) in [5.74, 6) is -1.13. The van der Waals surface area contributed by atoms with Crippen molar-refractivity contribution in [3.8, 4) is 0 Å². The Morgan fingerprint density at radius 3 is 2.55 bits per heavy atom. The van der Waals surface area contributed by atoms with Crippen LogP contribution in [-0.4, -0.2) is 34.9 Å². The molecular formula is C6H13NO4. The third kappa shape index (κ3) is 3.92. The topological polar surface area (TPSA) is 78.8 Å². The van der Waals surface area contributed by atoms with E-state index in [4.69, 9.17) is 10.2 Å². The molecule has 0 aliphatic rings. The van der Waals surface area contributed by atoms with Crippen LogP contribution in [0.5, 0.6) is 0 Å². The molecule has 0 radical (unpaired) electrons. The molecule has 11 heavy (non-hydrogen) atoms. The van der Waals surface area contributed by atoms with Gasteiger partial charge in [0.2, 0.25) is 0 Å². The zero-order valence-corrected chi connectivity index (χ0v) is 6.57. The maximum atomic E-state index is 10.3. The van der Waals surface area contributed by atoms with Crippen molar-refractivity contribution in [1.82, 2.24) is 5.48 Å². The van der Waals surface area contributed by atoms with Crippen molar-refractivity contribution in [1.29, 1.82) is 0 Å². The normalized spacial score (nSPS) is 15.9. The SMILES string of the molecule is CCON[C@H](C(=O)O)[C@@H](C)O. The number of aliphatic carboxylic acids is 1. The summed E-state index contributed by atoms with van der Waals surface area (Å²) in [4.78, 5) is 15.0. The Morgan fingerprint density at radius 1 is 1.73 bits per heavy atom. The van der Waals surface area contributed by atoms with E-state index in [2.05, 4.69) is 10.3 Å². The first-order valence-corrected chi connectivity index (χ1v) is 3.37. The van der Waals surface area contributed by atoms with Crippen molar-refractivity contribution in [2.24, 2.45) is 0 Å². The third-order valence-corrected chi connectivity index (χ3v) is 1.10. The molecule has 0 saturated heterocycles. The fourth-order valence-electron chi connectivity index (χ4n) is 0.528. The van der Waals surface area contributed by atoms with Crippen LogP contribution in [-0.2, 0) is 9.63 Å². The molecule has 0 aliphatic heterocycles. The molecule has 0 aromatic heterocycles. The van der Waals surface area contributed by atoms with Gasteiger partial charge in [0.15, 0.2) is 6.04 Å². The van der Waals surface area contributed by atoms with E-state index in [9.17, 15) is 4.79 Å². The zero-order valence-electron chi connectivity index (χ0n) is 6.57. The van der Waals surface area contributed by atoms with Crippen LogP contribution in [0.2, 0.25) is 0 Å². The summed E-state index contributed by atoms with van der Waals surface area (Å²) in [5, 5.41) is 17.4. The molecule has 0 unspecified atom stereocenters. The van der Waals surface area contributed by atoms with E-state index >= 15 is 0 Å². The average molecular weight is 163 g/mol. The molecule has 5 nitrogen and oxygen atoms in total. The van der Waals surface area contributed by atoms with E-state index in [1.54, 1.807) is 6.92 Å². The maximum Gasteiger partial charge on any atom is 0.325 e. The fourth-order valence-corrected chi connectivity index (χ4v) is 0.528. The second kappa shape index (κ2) is 5.06. The lowest BCUT2D eigenvalue weighted by Gasteiger charge is -2.15. The summed E-state index contributed by atoms with van der Waals surface area (Å²) in [6, 6.07) is -1.06. The van der Waals surface area contributed by atoms with Crippen LogP contribution in [0.1, 0.15) is 13.8 Å². The molecule has 0 amide bonds. The number of carboxylic acid groups (broad SMARTS) is 1. The molecule has 0 aliphatic carbocycles. The van der Waals surface area contributed by atoms with Gasteiger partial charge in [0.05, 0.1) is 12.7 Å². The number of carboxylic acids is 1. The second-order valence-electron chi connectivity index (χ2n) is 2.11. The lowest BCUT2D eigenvalue weighted by atomic mass is 10.2. The minimum Gasteiger partial charge on any atom is -0.480 e. The van der Waals surface area contributed by atoms with Gasteiger partial charge in [0, 0.05) is 0 Å². The van der Waals surface area contributed by atoms with Gasteiger partial charge in [-0.25, -0.2) is 0 Å². The van der Waals surface area contributed by atoms with Crippen molar-refractivity contribution in [2.75, 3.05) is 6.61 Å². The Labute approximate surface area is 64.9 Å². The summed E-state index contributed by atoms with van der Waals surface area (Å²) in [6.45, 7) is 3.45. The van der Waals surface area contributed by atoms with Gasteiger partial charge >= 0.3 is 5.97 Å². The van der Waals surface area contributed by atoms with Gasteiger partial charge in [0.1, 0.15) is 0 Å². The smallest absolute Gasteiger partial charge is 0.325 e. The molecule has 0 spiro atoms. The highest BCUT2D eigenvalue weighted by atomic mass is 16.6. The predicted octanol–water partition coefficient (Wildman–Crippen LogP) is -0.639. The Hall–Kier alpha value is -0.650. The molecule has 0 fully saturated rings. The zero-order chi connectivity index (χ0) is 8.85. The van der Waals surface area contributed by atoms with Crippen LogP contribution in [0, 0.1) is 0 Å². The molecular weight excluding hydrogens is 150 g/mol. The Morgan fingerprint density at radius 2 is 2.27 bits per heavy atom. The minimum atomic E-state index is -1.13. The van der Waals surface area contributed by atoms with E-state index in [-0.39, 0.29) is 0 Å². The first-order valence-electron chi connectivity index (χ1n) is 3.37. The number of carbonyl (C=O) groups is 1.